The van der Waals surface area contributed by atoms with Gasteiger partial charge in [0.25, 0.3) is 0 Å². The third-order valence-corrected chi connectivity index (χ3v) is 3.34. The van der Waals surface area contributed by atoms with Gasteiger partial charge in [0, 0.05) is 25.7 Å². The molecule has 1 rings (SSSR count). The molecule has 0 aliphatic carbocycles. The Balaban J connectivity index is 2.78. The molecule has 1 aliphatic rings. The maximum Gasteiger partial charge on any atom is 0.238 e. The lowest BCUT2D eigenvalue weighted by Crippen LogP contribution is -2.63. The Morgan fingerprint density at radius 2 is 1.93 bits per heavy atom. The summed E-state index contributed by atoms with van der Waals surface area (Å²) in [5.74, 6) is 0.110. The first-order valence-corrected chi connectivity index (χ1v) is 5.12. The third-order valence-electron chi connectivity index (χ3n) is 3.34. The lowest BCUT2D eigenvalue weighted by Gasteiger charge is -2.46. The predicted molar refractivity (Wildman–Crippen MR) is 57.2 cm³/mol. The van der Waals surface area contributed by atoms with Crippen LogP contribution >= 0.6 is 0 Å². The van der Waals surface area contributed by atoms with Crippen LogP contribution in [0.15, 0.2) is 0 Å². The molecule has 82 valence electrons. The highest BCUT2D eigenvalue weighted by molar-refractivity contribution is 5.82. The second kappa shape index (κ2) is 4.28. The number of likely N-dealkylation sites (N-methyl/N-ethyl adjacent to an activating group) is 3. The van der Waals surface area contributed by atoms with E-state index in [-0.39, 0.29) is 18.0 Å². The summed E-state index contributed by atoms with van der Waals surface area (Å²) in [5, 5.41) is 2.72. The van der Waals surface area contributed by atoms with Crippen molar-refractivity contribution >= 4 is 5.91 Å². The summed E-state index contributed by atoms with van der Waals surface area (Å²) >= 11 is 0. The molecule has 0 spiro atoms. The number of carbonyl (C=O) groups excluding carboxylic acids is 1. The van der Waals surface area contributed by atoms with Crippen LogP contribution in [0.3, 0.4) is 0 Å². The van der Waals surface area contributed by atoms with Crippen LogP contribution in [-0.2, 0) is 4.79 Å². The summed E-state index contributed by atoms with van der Waals surface area (Å²) in [5.41, 5.74) is 0. The van der Waals surface area contributed by atoms with Crippen molar-refractivity contribution in [2.75, 3.05) is 27.7 Å². The van der Waals surface area contributed by atoms with Gasteiger partial charge < -0.3 is 5.32 Å². The first-order valence-electron chi connectivity index (χ1n) is 5.12. The van der Waals surface area contributed by atoms with Crippen molar-refractivity contribution in [1.82, 2.24) is 15.1 Å². The SMILES string of the molecule is CC1[13CH](C(=O)N[13CH3])N([13CH3])[13CH2][13CH]([13CH3])[15N]1[13CH3]. The smallest absolute Gasteiger partial charge is 0.238 e. The fraction of sp³-hybridized carbons (Fsp3) is 0.900. The van der Waals surface area contributed by atoms with Crippen molar-refractivity contribution in [2.24, 2.45) is 0 Å². The van der Waals surface area contributed by atoms with E-state index in [1.54, 1.807) is 7.05 Å². The average molecular weight is 207 g/mol. The van der Waals surface area contributed by atoms with E-state index in [2.05, 4.69) is 36.0 Å². The maximum atomic E-state index is 11.7. The molecule has 4 nitrogen and oxygen atoms in total. The topological polar surface area (TPSA) is 35.6 Å². The number of hydrogen-bond acceptors (Lipinski definition) is 3. The fourth-order valence-corrected chi connectivity index (χ4v) is 2.22. The second-order valence-electron chi connectivity index (χ2n) is 4.25. The summed E-state index contributed by atoms with van der Waals surface area (Å²) in [6.45, 7) is 5.23. The Morgan fingerprint density at radius 1 is 1.36 bits per heavy atom. The van der Waals surface area contributed by atoms with E-state index in [0.717, 1.165) is 6.54 Å². The van der Waals surface area contributed by atoms with Gasteiger partial charge in [-0.15, -0.1) is 0 Å². The van der Waals surface area contributed by atoms with Crippen LogP contribution in [-0.4, -0.2) is 61.5 Å². The highest BCUT2D eigenvalue weighted by Crippen LogP contribution is 2.18. The van der Waals surface area contributed by atoms with E-state index in [1.165, 1.54) is 0 Å². The maximum absolute atomic E-state index is 11.7. The molecule has 1 aliphatic heterocycles. The zero-order valence-corrected chi connectivity index (χ0v) is 9.74. The zero-order valence-electron chi connectivity index (χ0n) is 9.74. The molecule has 1 N–H and O–H groups in total. The van der Waals surface area contributed by atoms with E-state index in [9.17, 15) is 4.79 Å². The Morgan fingerprint density at radius 3 is 2.43 bits per heavy atom. The molecule has 0 radical (unpaired) electrons. The normalized spacial score (nSPS) is 35.6. The van der Waals surface area contributed by atoms with Crippen LogP contribution in [0.5, 0.6) is 0 Å². The molecule has 0 aromatic rings. The minimum absolute atomic E-state index is 0.0267. The fourth-order valence-electron chi connectivity index (χ4n) is 2.22. The molecular formula is C10H21N3O. The van der Waals surface area contributed by atoms with Gasteiger partial charge in [-0.05, 0) is 27.9 Å². The molecule has 0 aromatic heterocycles. The third kappa shape index (κ3) is 1.91. The molecule has 3 unspecified atom stereocenters. The first kappa shape index (κ1) is 11.5. The van der Waals surface area contributed by atoms with Crippen LogP contribution in [0.4, 0.5) is 0 Å². The molecule has 1 saturated heterocycles. The Bertz CT molecular complexity index is 219. The van der Waals surface area contributed by atoms with Crippen LogP contribution in [0.1, 0.15) is 13.8 Å². The summed E-state index contributed by atoms with van der Waals surface area (Å²) in [7, 11) is 5.79. The number of nitrogens with zero attached hydrogens (tertiary/aromatic N) is 2. The van der Waals surface area contributed by atoms with Gasteiger partial charge in [0.2, 0.25) is 5.91 Å². The summed E-state index contributed by atoms with van der Waals surface area (Å²) < 4.78 is 0. The van der Waals surface area contributed by atoms with Crippen molar-refractivity contribution in [1.29, 1.82) is 0 Å². The molecule has 1 amide bonds. The number of nitrogens with one attached hydrogen (secondary N) is 1. The molecule has 3 atom stereocenters. The lowest BCUT2D eigenvalue weighted by molar-refractivity contribution is -0.130. The Kier molecular flexibility index (Phi) is 3.50. The number of amides is 1. The van der Waals surface area contributed by atoms with E-state index in [0.29, 0.717) is 6.04 Å². The highest BCUT2D eigenvalue weighted by atomic mass is 16.2. The van der Waals surface area contributed by atoms with Crippen LogP contribution in [0, 0.1) is 0 Å². The molecule has 0 saturated carbocycles. The Labute approximate surface area is 86.2 Å². The summed E-state index contributed by atoms with van der Waals surface area (Å²) in [4.78, 5) is 16.1. The number of piperazine rings is 1. The van der Waals surface area contributed by atoms with Crippen LogP contribution in [0.25, 0.3) is 0 Å². The highest BCUT2D eigenvalue weighted by Gasteiger charge is 2.37. The van der Waals surface area contributed by atoms with Gasteiger partial charge in [0.05, 0.1) is 0 Å². The van der Waals surface area contributed by atoms with Gasteiger partial charge in [-0.1, -0.05) is 0 Å². The largest absolute Gasteiger partial charge is 0.358 e. The molecule has 4 heteroatoms. The van der Waals surface area contributed by atoms with Crippen molar-refractivity contribution in [3.63, 3.8) is 0 Å². The minimum atomic E-state index is -0.0267. The van der Waals surface area contributed by atoms with Crippen molar-refractivity contribution < 1.29 is 4.79 Å². The van der Waals surface area contributed by atoms with Gasteiger partial charge in [0.15, 0.2) is 0 Å². The van der Waals surface area contributed by atoms with Gasteiger partial charge >= 0.3 is 0 Å². The number of carbonyl (C=O) groups is 1. The first-order chi connectivity index (χ1) is 6.49. The zero-order chi connectivity index (χ0) is 10.9. The van der Waals surface area contributed by atoms with Crippen molar-refractivity contribution in [3.05, 3.63) is 0 Å². The van der Waals surface area contributed by atoms with Gasteiger partial charge in [-0.2, -0.15) is 0 Å². The molecule has 14 heavy (non-hydrogen) atoms. The lowest BCUT2D eigenvalue weighted by atomic mass is 10.4. The monoisotopic (exact) mass is 207 g/mol. The van der Waals surface area contributed by atoms with Gasteiger partial charge in [0.1, 0.15) is 6.04 Å². The number of rotatable bonds is 1. The number of hydrogen-bond donors (Lipinski definition) is 1. The molecule has 0 aromatic carbocycles. The predicted octanol–water partition coefficient (Wildman–Crippen LogP) is -0.245. The quantitative estimate of drug-likeness (QED) is 0.476. The summed E-state index contributed by atoms with van der Waals surface area (Å²) in [6.07, 6.45) is 0. The molecular weight excluding hydrogens is 186 g/mol. The van der Waals surface area contributed by atoms with E-state index >= 15 is 0 Å². The second-order valence-corrected chi connectivity index (χ2v) is 4.25. The van der Waals surface area contributed by atoms with Crippen molar-refractivity contribution in [3.8, 4) is 0 Å². The summed E-state index contributed by atoms with van der Waals surface area (Å²) in [6, 6.07) is 0.751. The van der Waals surface area contributed by atoms with E-state index in [1.807, 2.05) is 7.05 Å². The van der Waals surface area contributed by atoms with Crippen LogP contribution in [0.2, 0.25) is 0 Å². The van der Waals surface area contributed by atoms with E-state index in [4.69, 9.17) is 0 Å². The van der Waals surface area contributed by atoms with Gasteiger partial charge in [-0.3, -0.25) is 14.6 Å². The minimum Gasteiger partial charge on any atom is -0.358 e. The van der Waals surface area contributed by atoms with Gasteiger partial charge in [-0.25, -0.2) is 0 Å². The van der Waals surface area contributed by atoms with Crippen molar-refractivity contribution in [2.45, 2.75) is 32.0 Å². The molecule has 0 bridgehead atoms. The standard InChI is InChI=1S/C10H21N3O/c1-7-6-12(4)9(10(14)11-3)8(2)13(7)5/h7-9H,6H2,1-5H3,(H,11,14)/i1+1,3+1,4+1,5+1,6+1,7+1,9+1,13+1. The molecule has 1 fully saturated rings. The average Bonchev–Trinajstić information content (AvgIpc) is 2.14. The van der Waals surface area contributed by atoms with E-state index < -0.39 is 0 Å². The Hall–Kier alpha value is -0.610. The molecule has 1 heterocycles. The van der Waals surface area contributed by atoms with Crippen LogP contribution < -0.4 is 5.32 Å².